The van der Waals surface area contributed by atoms with E-state index in [-0.39, 0.29) is 28.5 Å². The fourth-order valence-corrected chi connectivity index (χ4v) is 3.38. The summed E-state index contributed by atoms with van der Waals surface area (Å²) in [5.74, 6) is -1.000. The molecule has 1 aliphatic heterocycles. The van der Waals surface area contributed by atoms with Gasteiger partial charge in [0.1, 0.15) is 0 Å². The Morgan fingerprint density at radius 3 is 2.54 bits per heavy atom. The first-order chi connectivity index (χ1) is 12.3. The molecule has 0 spiro atoms. The molecule has 1 amide bonds. The van der Waals surface area contributed by atoms with E-state index in [2.05, 4.69) is 48.3 Å². The summed E-state index contributed by atoms with van der Waals surface area (Å²) in [6.45, 7) is 8.13. The third kappa shape index (κ3) is 3.53. The molecule has 0 aliphatic carbocycles. The third-order valence-corrected chi connectivity index (χ3v) is 5.27. The quantitative estimate of drug-likeness (QED) is 0.738. The number of nitrogens with one attached hydrogen (secondary N) is 1. The van der Waals surface area contributed by atoms with Crippen molar-refractivity contribution in [2.24, 2.45) is 0 Å². The molecule has 1 aliphatic rings. The summed E-state index contributed by atoms with van der Waals surface area (Å²) in [6, 6.07) is 11.6. The van der Waals surface area contributed by atoms with E-state index in [0.29, 0.717) is 12.1 Å². The molecule has 0 bridgehead atoms. The van der Waals surface area contributed by atoms with Crippen LogP contribution in [0.1, 0.15) is 40.9 Å². The van der Waals surface area contributed by atoms with E-state index in [1.165, 1.54) is 17.2 Å². The van der Waals surface area contributed by atoms with Gasteiger partial charge in [0, 0.05) is 25.2 Å². The fraction of sp³-hybridized carbons (Fsp3) is 0.381. The van der Waals surface area contributed by atoms with Crippen molar-refractivity contribution in [3.8, 4) is 11.5 Å². The van der Waals surface area contributed by atoms with E-state index in [0.717, 1.165) is 19.5 Å². The van der Waals surface area contributed by atoms with Crippen LogP contribution in [0.4, 0.5) is 0 Å². The Morgan fingerprint density at radius 2 is 1.81 bits per heavy atom. The summed E-state index contributed by atoms with van der Waals surface area (Å²) < 4.78 is 0. The predicted molar refractivity (Wildman–Crippen MR) is 101 cm³/mol. The first-order valence-corrected chi connectivity index (χ1v) is 8.91. The molecule has 0 aromatic heterocycles. The van der Waals surface area contributed by atoms with Crippen LogP contribution in [-0.4, -0.2) is 39.6 Å². The lowest BCUT2D eigenvalue weighted by Gasteiger charge is -2.41. The second-order valence-corrected chi connectivity index (χ2v) is 7.56. The second-order valence-electron chi connectivity index (χ2n) is 7.56. The van der Waals surface area contributed by atoms with Gasteiger partial charge in [-0.05, 0) is 49.9 Å². The topological polar surface area (TPSA) is 72.8 Å². The number of phenols is 2. The van der Waals surface area contributed by atoms with Gasteiger partial charge in [0.15, 0.2) is 11.5 Å². The number of hydrogen-bond acceptors (Lipinski definition) is 4. The number of carbonyl (C=O) groups excluding carboxylic acids is 1. The van der Waals surface area contributed by atoms with Crippen molar-refractivity contribution in [2.45, 2.75) is 39.3 Å². The number of nitrogens with zero attached hydrogens (tertiary/aromatic N) is 1. The number of hydrogen-bond donors (Lipinski definition) is 3. The van der Waals surface area contributed by atoms with Crippen LogP contribution in [0.3, 0.4) is 0 Å². The zero-order chi connectivity index (χ0) is 18.9. The normalized spacial score (nSPS) is 14.7. The van der Waals surface area contributed by atoms with E-state index in [4.69, 9.17) is 0 Å². The predicted octanol–water partition coefficient (Wildman–Crippen LogP) is 2.97. The summed E-state index contributed by atoms with van der Waals surface area (Å²) >= 11 is 0. The maximum atomic E-state index is 12.5. The highest BCUT2D eigenvalue weighted by Gasteiger charge is 2.30. The average Bonchev–Trinajstić information content (AvgIpc) is 2.64. The molecule has 26 heavy (non-hydrogen) atoms. The van der Waals surface area contributed by atoms with Gasteiger partial charge in [0.2, 0.25) is 0 Å². The van der Waals surface area contributed by atoms with Crippen LogP contribution in [-0.2, 0) is 13.0 Å². The van der Waals surface area contributed by atoms with Gasteiger partial charge < -0.3 is 15.5 Å². The smallest absolute Gasteiger partial charge is 0.255 e. The van der Waals surface area contributed by atoms with Gasteiger partial charge >= 0.3 is 0 Å². The van der Waals surface area contributed by atoms with E-state index in [1.807, 2.05) is 0 Å². The van der Waals surface area contributed by atoms with Crippen LogP contribution in [0, 0.1) is 6.92 Å². The highest BCUT2D eigenvalue weighted by atomic mass is 16.3. The van der Waals surface area contributed by atoms with Crippen LogP contribution in [0.2, 0.25) is 0 Å². The van der Waals surface area contributed by atoms with Crippen LogP contribution in [0.5, 0.6) is 11.5 Å². The van der Waals surface area contributed by atoms with E-state index in [9.17, 15) is 15.0 Å². The summed E-state index contributed by atoms with van der Waals surface area (Å²) in [5.41, 5.74) is 3.12. The molecule has 2 aromatic carbocycles. The first-order valence-electron chi connectivity index (χ1n) is 8.91. The van der Waals surface area contributed by atoms with Crippen molar-refractivity contribution in [3.05, 3.63) is 58.7 Å². The fourth-order valence-electron chi connectivity index (χ4n) is 3.38. The maximum absolute atomic E-state index is 12.5. The Bertz CT molecular complexity index is 830. The highest BCUT2D eigenvalue weighted by Crippen LogP contribution is 2.32. The minimum atomic E-state index is -0.386. The standard InChI is InChI=1S/C21H26N2O3/c1-14-8-9-17(19(25)18(14)24)20(26)22-13-21(2,3)23-11-10-15-6-4-5-7-16(15)12-23/h4-9,24-25H,10-13H2,1-3H3,(H,22,26). The van der Waals surface area contributed by atoms with Gasteiger partial charge in [-0.2, -0.15) is 0 Å². The Hall–Kier alpha value is -2.53. The Balaban J connectivity index is 1.67. The molecular formula is C21H26N2O3. The molecule has 1 heterocycles. The van der Waals surface area contributed by atoms with Crippen LogP contribution < -0.4 is 5.32 Å². The monoisotopic (exact) mass is 354 g/mol. The summed E-state index contributed by atoms with van der Waals surface area (Å²) in [5, 5.41) is 22.7. The van der Waals surface area contributed by atoms with Crippen molar-refractivity contribution in [1.29, 1.82) is 0 Å². The zero-order valence-corrected chi connectivity index (χ0v) is 15.5. The van der Waals surface area contributed by atoms with Gasteiger partial charge in [-0.1, -0.05) is 30.3 Å². The Morgan fingerprint density at radius 1 is 1.12 bits per heavy atom. The first kappa shape index (κ1) is 18.3. The van der Waals surface area contributed by atoms with Gasteiger partial charge in [-0.25, -0.2) is 0 Å². The van der Waals surface area contributed by atoms with Gasteiger partial charge in [-0.3, -0.25) is 9.69 Å². The lowest BCUT2D eigenvalue weighted by molar-refractivity contribution is 0.0823. The second kappa shape index (κ2) is 7.00. The van der Waals surface area contributed by atoms with Gasteiger partial charge in [-0.15, -0.1) is 0 Å². The van der Waals surface area contributed by atoms with Crippen molar-refractivity contribution in [1.82, 2.24) is 10.2 Å². The van der Waals surface area contributed by atoms with Crippen LogP contribution in [0.25, 0.3) is 0 Å². The number of aromatic hydroxyl groups is 2. The molecule has 0 saturated carbocycles. The van der Waals surface area contributed by atoms with Crippen molar-refractivity contribution >= 4 is 5.91 Å². The zero-order valence-electron chi connectivity index (χ0n) is 15.5. The number of benzene rings is 2. The lowest BCUT2D eigenvalue weighted by atomic mass is 9.94. The van der Waals surface area contributed by atoms with Gasteiger partial charge in [0.05, 0.1) is 5.56 Å². The molecule has 138 valence electrons. The molecule has 5 heteroatoms. The van der Waals surface area contributed by atoms with Crippen LogP contribution in [0.15, 0.2) is 36.4 Å². The summed E-state index contributed by atoms with van der Waals surface area (Å²) in [6.07, 6.45) is 1.00. The molecular weight excluding hydrogens is 328 g/mol. The van der Waals surface area contributed by atoms with E-state index in [1.54, 1.807) is 13.0 Å². The molecule has 0 saturated heterocycles. The number of phenolic OH excluding ortho intramolecular Hbond substituents is 2. The molecule has 3 rings (SSSR count). The molecule has 0 radical (unpaired) electrons. The SMILES string of the molecule is Cc1ccc(C(=O)NCC(C)(C)N2CCc3ccccc3C2)c(O)c1O. The lowest BCUT2D eigenvalue weighted by Crippen LogP contribution is -2.53. The van der Waals surface area contributed by atoms with Crippen molar-refractivity contribution in [3.63, 3.8) is 0 Å². The molecule has 2 aromatic rings. The number of carbonyl (C=O) groups is 1. The number of rotatable bonds is 4. The average molecular weight is 354 g/mol. The molecule has 0 atom stereocenters. The third-order valence-electron chi connectivity index (χ3n) is 5.27. The molecule has 0 fully saturated rings. The minimum Gasteiger partial charge on any atom is -0.504 e. The number of fused-ring (bicyclic) bond motifs is 1. The number of amides is 1. The molecule has 0 unspecified atom stereocenters. The van der Waals surface area contributed by atoms with Gasteiger partial charge in [0.25, 0.3) is 5.91 Å². The van der Waals surface area contributed by atoms with E-state index >= 15 is 0 Å². The number of aryl methyl sites for hydroxylation is 1. The summed E-state index contributed by atoms with van der Waals surface area (Å²) in [7, 11) is 0. The van der Waals surface area contributed by atoms with Crippen molar-refractivity contribution in [2.75, 3.05) is 13.1 Å². The van der Waals surface area contributed by atoms with Crippen LogP contribution >= 0.6 is 0 Å². The minimum absolute atomic E-state index is 0.0906. The highest BCUT2D eigenvalue weighted by molar-refractivity contribution is 5.97. The largest absolute Gasteiger partial charge is 0.504 e. The van der Waals surface area contributed by atoms with E-state index < -0.39 is 0 Å². The van der Waals surface area contributed by atoms with Crippen molar-refractivity contribution < 1.29 is 15.0 Å². The maximum Gasteiger partial charge on any atom is 0.255 e. The Labute approximate surface area is 154 Å². The Kier molecular flexibility index (Phi) is 4.92. The molecule has 3 N–H and O–H groups in total. The molecule has 5 nitrogen and oxygen atoms in total. The summed E-state index contributed by atoms with van der Waals surface area (Å²) in [4.78, 5) is 14.8.